The number of pyridine rings is 1. The average Bonchev–Trinajstić information content (AvgIpc) is 3.20. The number of urea groups is 1. The molecule has 2 unspecified atom stereocenters. The number of nitrogens with zero attached hydrogens (tertiary/aromatic N) is 3. The van der Waals surface area contributed by atoms with Gasteiger partial charge in [0.1, 0.15) is 10.3 Å². The van der Waals surface area contributed by atoms with Crippen molar-refractivity contribution >= 4 is 52.6 Å². The molecule has 5 rings (SSSR count). The summed E-state index contributed by atoms with van der Waals surface area (Å²) in [5.41, 5.74) is 3.09. The predicted octanol–water partition coefficient (Wildman–Crippen LogP) is 3.71. The number of anilines is 2. The van der Waals surface area contributed by atoms with Gasteiger partial charge in [0.15, 0.2) is 0 Å². The molecule has 1 saturated heterocycles. The Bertz CT molecular complexity index is 1210. The third-order valence-corrected chi connectivity index (χ3v) is 8.13. The summed E-state index contributed by atoms with van der Waals surface area (Å²) in [6.07, 6.45) is 4.55. The quantitative estimate of drug-likeness (QED) is 0.628. The third kappa shape index (κ3) is 3.92. The highest BCUT2D eigenvalue weighted by molar-refractivity contribution is 8.01. The summed E-state index contributed by atoms with van der Waals surface area (Å²) in [5.74, 6) is -0.310. The Labute approximate surface area is 206 Å². The van der Waals surface area contributed by atoms with E-state index < -0.39 is 11.3 Å². The number of carbonyl (C=O) groups is 3. The second-order valence-corrected chi connectivity index (χ2v) is 10.2. The van der Waals surface area contributed by atoms with Crippen LogP contribution in [0.1, 0.15) is 30.0 Å². The van der Waals surface area contributed by atoms with Crippen molar-refractivity contribution in [1.82, 2.24) is 20.5 Å². The minimum atomic E-state index is -0.554. The first-order chi connectivity index (χ1) is 16.4. The summed E-state index contributed by atoms with van der Waals surface area (Å²) >= 11 is 7.67. The smallest absolute Gasteiger partial charge is 0.327 e. The molecule has 3 aliphatic heterocycles. The molecule has 4 heterocycles. The van der Waals surface area contributed by atoms with Gasteiger partial charge in [0.05, 0.1) is 17.4 Å². The molecule has 0 bridgehead atoms. The molecule has 4 amide bonds. The van der Waals surface area contributed by atoms with Crippen molar-refractivity contribution in [2.45, 2.75) is 42.1 Å². The highest BCUT2D eigenvalue weighted by atomic mass is 35.5. The van der Waals surface area contributed by atoms with Crippen molar-refractivity contribution in [3.63, 3.8) is 0 Å². The molecule has 34 heavy (non-hydrogen) atoms. The zero-order valence-electron chi connectivity index (χ0n) is 18.6. The second-order valence-electron chi connectivity index (χ2n) is 8.62. The predicted molar refractivity (Wildman–Crippen MR) is 131 cm³/mol. The van der Waals surface area contributed by atoms with Gasteiger partial charge in [-0.1, -0.05) is 36.0 Å². The number of piperidine rings is 1. The summed E-state index contributed by atoms with van der Waals surface area (Å²) in [6, 6.07) is 6.30. The van der Waals surface area contributed by atoms with Crippen LogP contribution >= 0.6 is 23.4 Å². The Morgan fingerprint density at radius 1 is 1.35 bits per heavy atom. The van der Waals surface area contributed by atoms with Gasteiger partial charge in [-0.15, -0.1) is 0 Å². The lowest BCUT2D eigenvalue weighted by Gasteiger charge is -2.35. The van der Waals surface area contributed by atoms with Crippen molar-refractivity contribution in [3.05, 3.63) is 59.3 Å². The fourth-order valence-corrected chi connectivity index (χ4v) is 6.12. The van der Waals surface area contributed by atoms with Crippen molar-refractivity contribution in [2.75, 3.05) is 18.0 Å². The fraction of sp³-hybridized carbons (Fsp3) is 0.333. The van der Waals surface area contributed by atoms with Gasteiger partial charge in [0.2, 0.25) is 11.8 Å². The number of aromatic nitrogens is 1. The number of hydrogen-bond acceptors (Lipinski definition) is 5. The molecule has 2 aromatic rings. The molecule has 3 aliphatic rings. The number of halogens is 1. The number of amides is 4. The number of carbonyl (C=O) groups excluding carboxylic acids is 3. The molecule has 8 nitrogen and oxygen atoms in total. The Morgan fingerprint density at radius 3 is 2.94 bits per heavy atom. The summed E-state index contributed by atoms with van der Waals surface area (Å²) in [5, 5.41) is 6.83. The standard InChI is InChI=1S/C24H24ClN5O3S/c1-3-18(31)29-10-4-5-14(12-29)27-22(32)21-20-19-17(8-9-26-23(19)34-21)30(24(33)28-20)15-7-6-13(2)16(25)11-15/h3,6-9,11,14,20-21H,1,4-5,10,12H2,2H3,(H,27,32)(H,28,33)/t14?,20?,21-/m1/s1. The monoisotopic (exact) mass is 497 g/mol. The molecule has 1 aromatic heterocycles. The Hall–Kier alpha value is -3.04. The zero-order valence-corrected chi connectivity index (χ0v) is 20.2. The van der Waals surface area contributed by atoms with Crippen molar-refractivity contribution < 1.29 is 14.4 Å². The van der Waals surface area contributed by atoms with E-state index in [9.17, 15) is 14.4 Å². The maximum Gasteiger partial charge on any atom is 0.327 e. The molecular weight excluding hydrogens is 474 g/mol. The summed E-state index contributed by atoms with van der Waals surface area (Å²) < 4.78 is 0. The highest BCUT2D eigenvalue weighted by Gasteiger charge is 2.47. The van der Waals surface area contributed by atoms with E-state index in [0.29, 0.717) is 29.5 Å². The molecule has 1 fully saturated rings. The maximum absolute atomic E-state index is 13.3. The number of benzene rings is 1. The maximum atomic E-state index is 13.3. The summed E-state index contributed by atoms with van der Waals surface area (Å²) in [4.78, 5) is 46.3. The van der Waals surface area contributed by atoms with Crippen molar-refractivity contribution in [2.24, 2.45) is 0 Å². The number of thioether (sulfide) groups is 1. The number of likely N-dealkylation sites (tertiary alicyclic amines) is 1. The molecule has 0 spiro atoms. The number of aryl methyl sites for hydroxylation is 1. The van der Waals surface area contributed by atoms with Crippen molar-refractivity contribution in [1.29, 1.82) is 0 Å². The van der Waals surface area contributed by atoms with Crippen LogP contribution in [-0.4, -0.2) is 52.1 Å². The van der Waals surface area contributed by atoms with Crippen LogP contribution in [-0.2, 0) is 9.59 Å². The molecule has 0 radical (unpaired) electrons. The van der Waals surface area contributed by atoms with Crippen LogP contribution in [0.2, 0.25) is 5.02 Å². The van der Waals surface area contributed by atoms with E-state index in [1.807, 2.05) is 19.1 Å². The van der Waals surface area contributed by atoms with Gasteiger partial charge in [-0.3, -0.25) is 14.5 Å². The third-order valence-electron chi connectivity index (χ3n) is 6.43. The van der Waals surface area contributed by atoms with Crippen LogP contribution in [0.4, 0.5) is 16.2 Å². The molecule has 0 saturated carbocycles. The number of rotatable bonds is 4. The minimum absolute atomic E-state index is 0.133. The van der Waals surface area contributed by atoms with E-state index in [0.717, 1.165) is 29.0 Å². The number of hydrogen-bond donors (Lipinski definition) is 2. The Balaban J connectivity index is 1.39. The van der Waals surface area contributed by atoms with Crippen LogP contribution in [0.5, 0.6) is 0 Å². The van der Waals surface area contributed by atoms with E-state index in [1.54, 1.807) is 28.1 Å². The first kappa shape index (κ1) is 22.7. The van der Waals surface area contributed by atoms with E-state index in [1.165, 1.54) is 17.8 Å². The average molecular weight is 498 g/mol. The lowest BCUT2D eigenvalue weighted by atomic mass is 9.99. The van der Waals surface area contributed by atoms with E-state index >= 15 is 0 Å². The first-order valence-corrected chi connectivity index (χ1v) is 12.4. The first-order valence-electron chi connectivity index (χ1n) is 11.1. The Kier molecular flexibility index (Phi) is 5.99. The fourth-order valence-electron chi connectivity index (χ4n) is 4.71. The summed E-state index contributed by atoms with van der Waals surface area (Å²) in [7, 11) is 0. The molecule has 0 aliphatic carbocycles. The highest BCUT2D eigenvalue weighted by Crippen LogP contribution is 2.50. The molecule has 3 atom stereocenters. The van der Waals surface area contributed by atoms with Gasteiger partial charge in [0.25, 0.3) is 0 Å². The molecular formula is C24H24ClN5O3S. The summed E-state index contributed by atoms with van der Waals surface area (Å²) in [6.45, 7) is 6.56. The minimum Gasteiger partial charge on any atom is -0.351 e. The van der Waals surface area contributed by atoms with Gasteiger partial charge < -0.3 is 15.5 Å². The van der Waals surface area contributed by atoms with E-state index in [-0.39, 0.29) is 23.9 Å². The number of nitrogens with one attached hydrogen (secondary N) is 2. The van der Waals surface area contributed by atoms with Crippen LogP contribution in [0.15, 0.2) is 48.1 Å². The molecule has 2 N–H and O–H groups in total. The van der Waals surface area contributed by atoms with Crippen LogP contribution in [0, 0.1) is 6.92 Å². The van der Waals surface area contributed by atoms with Gasteiger partial charge >= 0.3 is 6.03 Å². The SMILES string of the molecule is C=CC(=O)N1CCCC(NC(=O)[C@@H]2Sc3nccc4c3C2NC(=O)N4c2ccc(C)c(Cl)c2)C1. The second kappa shape index (κ2) is 8.96. The van der Waals surface area contributed by atoms with Gasteiger partial charge in [-0.05, 0) is 49.6 Å². The Morgan fingerprint density at radius 2 is 2.18 bits per heavy atom. The zero-order chi connectivity index (χ0) is 24.0. The lowest BCUT2D eigenvalue weighted by Crippen LogP contribution is -2.53. The normalized spacial score (nSPS) is 23.2. The van der Waals surface area contributed by atoms with Gasteiger partial charge in [-0.25, -0.2) is 9.78 Å². The largest absolute Gasteiger partial charge is 0.351 e. The van der Waals surface area contributed by atoms with Crippen LogP contribution in [0.3, 0.4) is 0 Å². The molecule has 176 valence electrons. The van der Waals surface area contributed by atoms with E-state index in [4.69, 9.17) is 11.6 Å². The molecule has 1 aromatic carbocycles. The topological polar surface area (TPSA) is 94.6 Å². The van der Waals surface area contributed by atoms with Gasteiger partial charge in [0, 0.05) is 35.9 Å². The van der Waals surface area contributed by atoms with Crippen LogP contribution < -0.4 is 15.5 Å². The van der Waals surface area contributed by atoms with Crippen molar-refractivity contribution in [3.8, 4) is 0 Å². The lowest BCUT2D eigenvalue weighted by molar-refractivity contribution is -0.129. The molecule has 10 heteroatoms. The van der Waals surface area contributed by atoms with E-state index in [2.05, 4.69) is 22.2 Å². The van der Waals surface area contributed by atoms with Gasteiger partial charge in [-0.2, -0.15) is 0 Å². The van der Waals surface area contributed by atoms with Crippen LogP contribution in [0.25, 0.3) is 0 Å².